The minimum Gasteiger partial charge on any atom is -0.494 e. The minimum atomic E-state index is -0.698. The van der Waals surface area contributed by atoms with Gasteiger partial charge in [0, 0.05) is 13.0 Å². The zero-order valence-electron chi connectivity index (χ0n) is 23.1. The maximum Gasteiger partial charge on any atom is 0.305 e. The Labute approximate surface area is 244 Å². The van der Waals surface area contributed by atoms with Crippen molar-refractivity contribution in [3.8, 4) is 5.75 Å². The molecule has 0 heterocycles. The van der Waals surface area contributed by atoms with Crippen molar-refractivity contribution >= 4 is 34.9 Å². The number of nitrogens with one attached hydrogen (secondary N) is 1. The molecule has 0 fully saturated rings. The predicted molar refractivity (Wildman–Crippen MR) is 162 cm³/mol. The van der Waals surface area contributed by atoms with E-state index in [9.17, 15) is 9.90 Å². The van der Waals surface area contributed by atoms with Crippen LogP contribution >= 0.6 is 23.2 Å². The normalized spacial score (nSPS) is 11.9. The Hall–Kier alpha value is -1.99. The molecule has 0 bridgehead atoms. The first-order valence-electron chi connectivity index (χ1n) is 14.4. The van der Waals surface area contributed by atoms with Gasteiger partial charge in [-0.05, 0) is 62.1 Å². The van der Waals surface area contributed by atoms with Crippen LogP contribution in [0.15, 0.2) is 42.5 Å². The van der Waals surface area contributed by atoms with Crippen LogP contribution < -0.4 is 15.8 Å². The first kappa shape index (κ1) is 33.2. The Morgan fingerprint density at radius 2 is 1.38 bits per heavy atom. The van der Waals surface area contributed by atoms with E-state index in [1.54, 1.807) is 12.1 Å². The predicted octanol–water partition coefficient (Wildman–Crippen LogP) is 7.89. The summed E-state index contributed by atoms with van der Waals surface area (Å²) in [5, 5.41) is 14.2. The van der Waals surface area contributed by atoms with E-state index in [-0.39, 0.29) is 5.97 Å². The summed E-state index contributed by atoms with van der Waals surface area (Å²) in [6.07, 6.45) is 13.0. The number of anilines is 1. The van der Waals surface area contributed by atoms with E-state index >= 15 is 0 Å². The molecule has 0 aliphatic heterocycles. The van der Waals surface area contributed by atoms with Crippen LogP contribution in [0.25, 0.3) is 0 Å². The number of unbranched alkanes of at least 4 members (excludes halogenated alkanes) is 10. The molecule has 8 heteroatoms. The van der Waals surface area contributed by atoms with E-state index in [0.29, 0.717) is 40.9 Å². The fraction of sp³-hybridized carbons (Fsp3) is 0.581. The van der Waals surface area contributed by atoms with Gasteiger partial charge < -0.3 is 25.6 Å². The van der Waals surface area contributed by atoms with Crippen LogP contribution in [0.5, 0.6) is 5.75 Å². The van der Waals surface area contributed by atoms with Crippen LogP contribution in [0.3, 0.4) is 0 Å². The van der Waals surface area contributed by atoms with Crippen LogP contribution in [0.1, 0.15) is 95.1 Å². The summed E-state index contributed by atoms with van der Waals surface area (Å²) in [5.41, 5.74) is 6.70. The number of hydrogen-bond acceptors (Lipinski definition) is 6. The molecule has 1 unspecified atom stereocenters. The lowest BCUT2D eigenvalue weighted by Gasteiger charge is -2.14. The fourth-order valence-electron chi connectivity index (χ4n) is 4.26. The Bertz CT molecular complexity index is 907. The van der Waals surface area contributed by atoms with Crippen LogP contribution in [-0.2, 0) is 9.53 Å². The maximum absolute atomic E-state index is 11.9. The number of carbonyl (C=O) groups excluding carboxylic acids is 1. The Morgan fingerprint density at radius 3 is 2.05 bits per heavy atom. The first-order chi connectivity index (χ1) is 19.0. The largest absolute Gasteiger partial charge is 0.494 e. The number of rotatable bonds is 22. The molecule has 0 aliphatic carbocycles. The van der Waals surface area contributed by atoms with Crippen molar-refractivity contribution in [2.45, 2.75) is 89.6 Å². The van der Waals surface area contributed by atoms with Gasteiger partial charge in [-0.15, -0.1) is 0 Å². The molecule has 0 saturated heterocycles. The van der Waals surface area contributed by atoms with E-state index < -0.39 is 6.10 Å². The molecule has 1 atom stereocenters. The number of benzene rings is 2. The highest BCUT2D eigenvalue weighted by Gasteiger charge is 2.12. The molecule has 0 amide bonds. The van der Waals surface area contributed by atoms with Gasteiger partial charge in [-0.25, -0.2) is 0 Å². The second-order valence-electron chi connectivity index (χ2n) is 9.99. The highest BCUT2D eigenvalue weighted by Crippen LogP contribution is 2.31. The van der Waals surface area contributed by atoms with E-state index in [1.165, 1.54) is 32.1 Å². The van der Waals surface area contributed by atoms with Gasteiger partial charge in [0.15, 0.2) is 0 Å². The molecule has 0 aromatic heterocycles. The maximum atomic E-state index is 11.9. The Balaban J connectivity index is 1.31. The molecule has 4 N–H and O–H groups in total. The molecule has 2 rings (SSSR count). The molecule has 218 valence electrons. The fourth-order valence-corrected chi connectivity index (χ4v) is 4.76. The summed E-state index contributed by atoms with van der Waals surface area (Å²) < 4.78 is 11.1. The summed E-state index contributed by atoms with van der Waals surface area (Å²) in [5.74, 6) is 0.870. The summed E-state index contributed by atoms with van der Waals surface area (Å²) in [6.45, 7) is 2.50. The number of para-hydroxylation sites is 1. The molecule has 0 radical (unpaired) electrons. The number of carbonyl (C=O) groups is 1. The standard InChI is InChI=1S/C31H46Cl2N2O4/c32-27-22-25(23-28(33)31(27)34)29(36)24-35-19-13-6-8-15-21-39-30(37)18-12-5-3-1-2-4-7-14-20-38-26-16-10-9-11-17-26/h9-11,16-17,22-23,29,35-36H,1-8,12-15,18-21,24,34H2. The lowest BCUT2D eigenvalue weighted by Crippen LogP contribution is -2.22. The number of aliphatic hydroxyl groups is 1. The average molecular weight is 582 g/mol. The molecule has 0 aliphatic rings. The molecular weight excluding hydrogens is 535 g/mol. The molecule has 0 saturated carbocycles. The molecule has 6 nitrogen and oxygen atoms in total. The van der Waals surface area contributed by atoms with Crippen molar-refractivity contribution in [1.29, 1.82) is 0 Å². The van der Waals surface area contributed by atoms with Gasteiger partial charge in [-0.3, -0.25) is 4.79 Å². The van der Waals surface area contributed by atoms with E-state index in [2.05, 4.69) is 5.32 Å². The third-order valence-electron chi connectivity index (χ3n) is 6.62. The van der Waals surface area contributed by atoms with E-state index in [0.717, 1.165) is 63.8 Å². The molecule has 39 heavy (non-hydrogen) atoms. The van der Waals surface area contributed by atoms with Gasteiger partial charge in [0.2, 0.25) is 0 Å². The van der Waals surface area contributed by atoms with E-state index in [1.807, 2.05) is 30.3 Å². The van der Waals surface area contributed by atoms with Crippen molar-refractivity contribution in [3.63, 3.8) is 0 Å². The van der Waals surface area contributed by atoms with Crippen LogP contribution in [-0.4, -0.2) is 37.4 Å². The zero-order valence-corrected chi connectivity index (χ0v) is 24.7. The van der Waals surface area contributed by atoms with Gasteiger partial charge in [-0.2, -0.15) is 0 Å². The number of esters is 1. The Morgan fingerprint density at radius 1 is 0.821 bits per heavy atom. The number of aliphatic hydroxyl groups excluding tert-OH is 1. The van der Waals surface area contributed by atoms with Crippen molar-refractivity contribution in [1.82, 2.24) is 5.32 Å². The van der Waals surface area contributed by atoms with Gasteiger partial charge >= 0.3 is 5.97 Å². The number of halogens is 2. The quantitative estimate of drug-likeness (QED) is 0.0744. The number of ether oxygens (including phenoxy) is 2. The first-order valence-corrected chi connectivity index (χ1v) is 15.2. The summed E-state index contributed by atoms with van der Waals surface area (Å²) in [4.78, 5) is 11.9. The SMILES string of the molecule is Nc1c(Cl)cc(C(O)CNCCCCCCOC(=O)CCCCCCCCCCOc2ccccc2)cc1Cl. The second kappa shape index (κ2) is 20.8. The monoisotopic (exact) mass is 580 g/mol. The second-order valence-corrected chi connectivity index (χ2v) is 10.8. The third kappa shape index (κ3) is 15.4. The molecule has 2 aromatic carbocycles. The van der Waals surface area contributed by atoms with Crippen LogP contribution in [0, 0.1) is 0 Å². The number of hydrogen-bond donors (Lipinski definition) is 3. The van der Waals surface area contributed by atoms with Crippen molar-refractivity contribution < 1.29 is 19.4 Å². The van der Waals surface area contributed by atoms with Crippen LogP contribution in [0.4, 0.5) is 5.69 Å². The summed E-state index contributed by atoms with van der Waals surface area (Å²) in [7, 11) is 0. The summed E-state index contributed by atoms with van der Waals surface area (Å²) >= 11 is 12.1. The van der Waals surface area contributed by atoms with Gasteiger partial charge in [0.05, 0.1) is 35.1 Å². The Kier molecular flexibility index (Phi) is 17.8. The van der Waals surface area contributed by atoms with E-state index in [4.69, 9.17) is 38.4 Å². The third-order valence-corrected chi connectivity index (χ3v) is 7.25. The number of nitrogens with two attached hydrogens (primary N) is 1. The number of nitrogen functional groups attached to an aromatic ring is 1. The topological polar surface area (TPSA) is 93.8 Å². The summed E-state index contributed by atoms with van der Waals surface area (Å²) in [6, 6.07) is 13.3. The minimum absolute atomic E-state index is 0.0769. The average Bonchev–Trinajstić information content (AvgIpc) is 2.93. The lowest BCUT2D eigenvalue weighted by molar-refractivity contribution is -0.143. The molecule has 2 aromatic rings. The van der Waals surface area contributed by atoms with Crippen molar-refractivity contribution in [2.24, 2.45) is 0 Å². The molecular formula is C31H46Cl2N2O4. The highest BCUT2D eigenvalue weighted by molar-refractivity contribution is 6.38. The zero-order chi connectivity index (χ0) is 28.1. The van der Waals surface area contributed by atoms with Gasteiger partial charge in [0.1, 0.15) is 5.75 Å². The lowest BCUT2D eigenvalue weighted by atomic mass is 10.1. The van der Waals surface area contributed by atoms with Gasteiger partial charge in [0.25, 0.3) is 0 Å². The van der Waals surface area contributed by atoms with Gasteiger partial charge in [-0.1, -0.05) is 92.8 Å². The van der Waals surface area contributed by atoms with Crippen molar-refractivity contribution in [3.05, 3.63) is 58.1 Å². The molecule has 0 spiro atoms. The smallest absolute Gasteiger partial charge is 0.305 e. The highest BCUT2D eigenvalue weighted by atomic mass is 35.5. The van der Waals surface area contributed by atoms with Crippen LogP contribution in [0.2, 0.25) is 10.0 Å². The van der Waals surface area contributed by atoms with Crippen molar-refractivity contribution in [2.75, 3.05) is 32.0 Å².